The van der Waals surface area contributed by atoms with Gasteiger partial charge in [0, 0.05) is 19.4 Å². The molecule has 0 fully saturated rings. The zero-order chi connectivity index (χ0) is 10.6. The van der Waals surface area contributed by atoms with Crippen molar-refractivity contribution >= 4 is 5.91 Å². The lowest BCUT2D eigenvalue weighted by molar-refractivity contribution is -0.121. The molecule has 0 rings (SSSR count). The zero-order valence-electron chi connectivity index (χ0n) is 8.94. The summed E-state index contributed by atoms with van der Waals surface area (Å²) in [6.07, 6.45) is 9.38. The number of amides is 1. The van der Waals surface area contributed by atoms with Crippen LogP contribution in [0.15, 0.2) is 0 Å². The van der Waals surface area contributed by atoms with Gasteiger partial charge in [0.2, 0.25) is 5.91 Å². The fraction of sp³-hybridized carbons (Fsp3) is 0.727. The Morgan fingerprint density at radius 1 is 1.29 bits per heavy atom. The lowest BCUT2D eigenvalue weighted by Crippen LogP contribution is -2.25. The average Bonchev–Trinajstić information content (AvgIpc) is 2.18. The van der Waals surface area contributed by atoms with Gasteiger partial charge in [-0.3, -0.25) is 4.79 Å². The van der Waals surface area contributed by atoms with Gasteiger partial charge in [-0.2, -0.15) is 0 Å². The quantitative estimate of drug-likeness (QED) is 0.447. The number of rotatable bonds is 8. The Bertz CT molecular complexity index is 184. The van der Waals surface area contributed by atoms with Crippen LogP contribution in [0.3, 0.4) is 0 Å². The molecule has 0 aromatic rings. The van der Waals surface area contributed by atoms with Crippen LogP contribution in [0, 0.1) is 12.3 Å². The molecule has 3 heteroatoms. The van der Waals surface area contributed by atoms with Crippen LogP contribution in [-0.2, 0) is 4.79 Å². The summed E-state index contributed by atoms with van der Waals surface area (Å²) in [7, 11) is 1.89. The Labute approximate surface area is 86.6 Å². The third-order valence-corrected chi connectivity index (χ3v) is 1.90. The first kappa shape index (κ1) is 13.0. The van der Waals surface area contributed by atoms with Crippen molar-refractivity contribution in [3.8, 4) is 12.3 Å². The Morgan fingerprint density at radius 3 is 2.71 bits per heavy atom. The van der Waals surface area contributed by atoms with E-state index in [-0.39, 0.29) is 5.91 Å². The minimum Gasteiger partial charge on any atom is -0.356 e. The predicted molar refractivity (Wildman–Crippen MR) is 58.9 cm³/mol. The minimum atomic E-state index is 0.140. The van der Waals surface area contributed by atoms with Crippen LogP contribution in [0.1, 0.15) is 32.1 Å². The van der Waals surface area contributed by atoms with E-state index in [2.05, 4.69) is 16.6 Å². The first-order valence-corrected chi connectivity index (χ1v) is 5.16. The van der Waals surface area contributed by atoms with Crippen molar-refractivity contribution in [1.82, 2.24) is 10.6 Å². The van der Waals surface area contributed by atoms with E-state index in [1.165, 1.54) is 0 Å². The van der Waals surface area contributed by atoms with E-state index in [0.717, 1.165) is 38.8 Å². The van der Waals surface area contributed by atoms with Crippen molar-refractivity contribution in [2.45, 2.75) is 32.1 Å². The van der Waals surface area contributed by atoms with Gasteiger partial charge in [-0.25, -0.2) is 0 Å². The molecule has 0 radical (unpaired) electrons. The molecule has 0 bridgehead atoms. The summed E-state index contributed by atoms with van der Waals surface area (Å²) in [4.78, 5) is 11.2. The van der Waals surface area contributed by atoms with E-state index in [1.807, 2.05) is 7.05 Å². The highest BCUT2D eigenvalue weighted by Gasteiger charge is 1.98. The third kappa shape index (κ3) is 9.08. The average molecular weight is 196 g/mol. The Kier molecular flexibility index (Phi) is 9.35. The first-order chi connectivity index (χ1) is 6.81. The Balaban J connectivity index is 3.15. The second kappa shape index (κ2) is 10.1. The van der Waals surface area contributed by atoms with Crippen molar-refractivity contribution in [3.63, 3.8) is 0 Å². The SMILES string of the molecule is C#CCCCCNC(=O)CCCNC. The summed E-state index contributed by atoms with van der Waals surface area (Å²) >= 11 is 0. The molecule has 0 heterocycles. The summed E-state index contributed by atoms with van der Waals surface area (Å²) in [5, 5.41) is 5.87. The number of carbonyl (C=O) groups excluding carboxylic acids is 1. The number of nitrogens with one attached hydrogen (secondary N) is 2. The van der Waals surface area contributed by atoms with Gasteiger partial charge in [0.1, 0.15) is 0 Å². The van der Waals surface area contributed by atoms with E-state index >= 15 is 0 Å². The number of terminal acetylenes is 1. The summed E-state index contributed by atoms with van der Waals surface area (Å²) in [5.41, 5.74) is 0. The highest BCUT2D eigenvalue weighted by atomic mass is 16.1. The van der Waals surface area contributed by atoms with E-state index in [4.69, 9.17) is 6.42 Å². The predicted octanol–water partition coefficient (Wildman–Crippen LogP) is 0.906. The zero-order valence-corrected chi connectivity index (χ0v) is 8.94. The molecular formula is C11H20N2O. The van der Waals surface area contributed by atoms with Crippen LogP contribution in [-0.4, -0.2) is 26.0 Å². The molecule has 0 aromatic carbocycles. The molecule has 0 spiro atoms. The van der Waals surface area contributed by atoms with Crippen LogP contribution < -0.4 is 10.6 Å². The maximum Gasteiger partial charge on any atom is 0.220 e. The molecule has 1 amide bonds. The highest BCUT2D eigenvalue weighted by Crippen LogP contribution is 1.92. The highest BCUT2D eigenvalue weighted by molar-refractivity contribution is 5.75. The molecule has 0 saturated heterocycles. The van der Waals surface area contributed by atoms with Gasteiger partial charge in [0.25, 0.3) is 0 Å². The van der Waals surface area contributed by atoms with Crippen LogP contribution in [0.4, 0.5) is 0 Å². The van der Waals surface area contributed by atoms with Crippen LogP contribution in [0.25, 0.3) is 0 Å². The fourth-order valence-corrected chi connectivity index (χ4v) is 1.09. The largest absolute Gasteiger partial charge is 0.356 e. The molecule has 0 atom stereocenters. The Hall–Kier alpha value is -1.01. The lowest BCUT2D eigenvalue weighted by Gasteiger charge is -2.03. The summed E-state index contributed by atoms with van der Waals surface area (Å²) in [6, 6.07) is 0. The lowest BCUT2D eigenvalue weighted by atomic mass is 10.2. The summed E-state index contributed by atoms with van der Waals surface area (Å²) < 4.78 is 0. The number of unbranched alkanes of at least 4 members (excludes halogenated alkanes) is 2. The van der Waals surface area contributed by atoms with E-state index < -0.39 is 0 Å². The monoisotopic (exact) mass is 196 g/mol. The fourth-order valence-electron chi connectivity index (χ4n) is 1.09. The van der Waals surface area contributed by atoms with Crippen molar-refractivity contribution < 1.29 is 4.79 Å². The normalized spacial score (nSPS) is 9.43. The molecule has 0 saturated carbocycles. The second-order valence-corrected chi connectivity index (χ2v) is 3.22. The molecule has 0 unspecified atom stereocenters. The maximum absolute atomic E-state index is 11.2. The summed E-state index contributed by atoms with van der Waals surface area (Å²) in [5.74, 6) is 2.72. The number of hydrogen-bond donors (Lipinski definition) is 2. The third-order valence-electron chi connectivity index (χ3n) is 1.90. The molecular weight excluding hydrogens is 176 g/mol. The van der Waals surface area contributed by atoms with Crippen molar-refractivity contribution in [3.05, 3.63) is 0 Å². The summed E-state index contributed by atoms with van der Waals surface area (Å²) in [6.45, 7) is 1.64. The molecule has 0 aliphatic rings. The first-order valence-electron chi connectivity index (χ1n) is 5.16. The van der Waals surface area contributed by atoms with Gasteiger partial charge in [0.15, 0.2) is 0 Å². The van der Waals surface area contributed by atoms with Gasteiger partial charge in [-0.1, -0.05) is 0 Å². The molecule has 3 nitrogen and oxygen atoms in total. The molecule has 0 aromatic heterocycles. The van der Waals surface area contributed by atoms with E-state index in [1.54, 1.807) is 0 Å². The number of hydrogen-bond acceptors (Lipinski definition) is 2. The van der Waals surface area contributed by atoms with E-state index in [0.29, 0.717) is 6.42 Å². The van der Waals surface area contributed by atoms with Crippen molar-refractivity contribution in [1.29, 1.82) is 0 Å². The van der Waals surface area contributed by atoms with Crippen LogP contribution >= 0.6 is 0 Å². The minimum absolute atomic E-state index is 0.140. The van der Waals surface area contributed by atoms with E-state index in [9.17, 15) is 4.79 Å². The second-order valence-electron chi connectivity index (χ2n) is 3.22. The topological polar surface area (TPSA) is 41.1 Å². The molecule has 0 aliphatic heterocycles. The molecule has 2 N–H and O–H groups in total. The standard InChI is InChI=1S/C11H20N2O/c1-3-4-5-6-10-13-11(14)8-7-9-12-2/h1,12H,4-10H2,2H3,(H,13,14). The van der Waals surface area contributed by atoms with Crippen molar-refractivity contribution in [2.75, 3.05) is 20.1 Å². The van der Waals surface area contributed by atoms with Gasteiger partial charge < -0.3 is 10.6 Å². The van der Waals surface area contributed by atoms with Crippen LogP contribution in [0.5, 0.6) is 0 Å². The van der Waals surface area contributed by atoms with Gasteiger partial charge >= 0.3 is 0 Å². The Morgan fingerprint density at radius 2 is 2.07 bits per heavy atom. The molecule has 80 valence electrons. The van der Waals surface area contributed by atoms with Crippen LogP contribution in [0.2, 0.25) is 0 Å². The van der Waals surface area contributed by atoms with Gasteiger partial charge in [0.05, 0.1) is 0 Å². The molecule has 0 aliphatic carbocycles. The molecule has 14 heavy (non-hydrogen) atoms. The smallest absolute Gasteiger partial charge is 0.220 e. The van der Waals surface area contributed by atoms with Gasteiger partial charge in [-0.15, -0.1) is 12.3 Å². The number of carbonyl (C=O) groups is 1. The van der Waals surface area contributed by atoms with Gasteiger partial charge in [-0.05, 0) is 32.9 Å². The maximum atomic E-state index is 11.2. The van der Waals surface area contributed by atoms with Crippen molar-refractivity contribution in [2.24, 2.45) is 0 Å².